The molecule has 2 N–H and O–H groups in total. The van der Waals surface area contributed by atoms with Crippen molar-refractivity contribution in [1.82, 2.24) is 9.69 Å². The number of hydrogen-bond donors (Lipinski definition) is 2. The van der Waals surface area contributed by atoms with Crippen molar-refractivity contribution < 1.29 is 13.6 Å². The molecule has 1 amide bonds. The third-order valence-electron chi connectivity index (χ3n) is 3.26. The molecule has 0 aliphatic heterocycles. The molecule has 1 heterocycles. The van der Waals surface area contributed by atoms with E-state index in [1.54, 1.807) is 0 Å². The molecular weight excluding hydrogens is 320 g/mol. The molecule has 0 spiro atoms. The van der Waals surface area contributed by atoms with Crippen LogP contribution in [0.5, 0.6) is 0 Å². The highest BCUT2D eigenvalue weighted by Crippen LogP contribution is 2.25. The Labute approximate surface area is 135 Å². The molecule has 3 rings (SSSR count). The molecule has 0 unspecified atom stereocenters. The van der Waals surface area contributed by atoms with Gasteiger partial charge in [0, 0.05) is 24.5 Å². The molecule has 118 valence electrons. The summed E-state index contributed by atoms with van der Waals surface area (Å²) in [7, 11) is 0. The van der Waals surface area contributed by atoms with Crippen LogP contribution in [0.2, 0.25) is 0 Å². The van der Waals surface area contributed by atoms with Crippen molar-refractivity contribution in [2.45, 2.75) is 0 Å². The van der Waals surface area contributed by atoms with Gasteiger partial charge in [-0.15, -0.1) is 0 Å². The number of rotatable bonds is 5. The Balaban J connectivity index is 1.54. The molecule has 0 atom stereocenters. The zero-order chi connectivity index (χ0) is 16.2. The first-order valence-electron chi connectivity index (χ1n) is 6.96. The standard InChI is InChI=1S/C16H13F2N3OS/c17-10-5-6-11(13(18)9-10)16(22)20-8-7-19-15-12-3-1-2-4-14(12)23-21-15/h1-6,9H,7-8H2,(H,19,21)(H,20,22). The number of nitrogens with zero attached hydrogens (tertiary/aromatic N) is 1. The Hall–Kier alpha value is -2.54. The number of fused-ring (bicyclic) bond motifs is 1. The van der Waals surface area contributed by atoms with Gasteiger partial charge in [-0.05, 0) is 35.8 Å². The Morgan fingerprint density at radius 2 is 1.96 bits per heavy atom. The summed E-state index contributed by atoms with van der Waals surface area (Å²) in [6, 6.07) is 10.7. The lowest BCUT2D eigenvalue weighted by Crippen LogP contribution is -2.29. The minimum absolute atomic E-state index is 0.175. The van der Waals surface area contributed by atoms with E-state index >= 15 is 0 Å². The molecule has 1 aromatic heterocycles. The molecule has 0 radical (unpaired) electrons. The molecule has 0 saturated carbocycles. The SMILES string of the molecule is O=C(NCCNc1nsc2ccccc12)c1ccc(F)cc1F. The second-order valence-corrected chi connectivity index (χ2v) is 5.64. The molecule has 2 aromatic carbocycles. The predicted molar refractivity (Wildman–Crippen MR) is 86.8 cm³/mol. The van der Waals surface area contributed by atoms with E-state index in [4.69, 9.17) is 0 Å². The Bertz CT molecular complexity index is 850. The number of aromatic nitrogens is 1. The Morgan fingerprint density at radius 1 is 1.13 bits per heavy atom. The van der Waals surface area contributed by atoms with Crippen molar-refractivity contribution in [2.75, 3.05) is 18.4 Å². The summed E-state index contributed by atoms with van der Waals surface area (Å²) < 4.78 is 31.7. The molecule has 0 bridgehead atoms. The lowest BCUT2D eigenvalue weighted by molar-refractivity contribution is 0.0951. The summed E-state index contributed by atoms with van der Waals surface area (Å²) in [6.45, 7) is 0.740. The smallest absolute Gasteiger partial charge is 0.254 e. The second-order valence-electron chi connectivity index (χ2n) is 4.83. The van der Waals surface area contributed by atoms with Gasteiger partial charge >= 0.3 is 0 Å². The average molecular weight is 333 g/mol. The number of hydrogen-bond acceptors (Lipinski definition) is 4. The molecule has 4 nitrogen and oxygen atoms in total. The number of anilines is 1. The lowest BCUT2D eigenvalue weighted by Gasteiger charge is -2.07. The van der Waals surface area contributed by atoms with Crippen molar-refractivity contribution in [2.24, 2.45) is 0 Å². The van der Waals surface area contributed by atoms with Crippen molar-refractivity contribution in [3.05, 3.63) is 59.7 Å². The van der Waals surface area contributed by atoms with Crippen LogP contribution in [0.4, 0.5) is 14.6 Å². The molecule has 0 aliphatic rings. The first kappa shape index (κ1) is 15.4. The van der Waals surface area contributed by atoms with Gasteiger partial charge in [-0.2, -0.15) is 4.37 Å². The topological polar surface area (TPSA) is 54.0 Å². The number of amides is 1. The van der Waals surface area contributed by atoms with E-state index in [0.29, 0.717) is 19.2 Å². The van der Waals surface area contributed by atoms with E-state index in [0.717, 1.165) is 28.0 Å². The first-order valence-corrected chi connectivity index (χ1v) is 7.74. The largest absolute Gasteiger partial charge is 0.367 e. The zero-order valence-corrected chi connectivity index (χ0v) is 12.8. The fourth-order valence-corrected chi connectivity index (χ4v) is 2.89. The van der Waals surface area contributed by atoms with E-state index in [1.807, 2.05) is 24.3 Å². The summed E-state index contributed by atoms with van der Waals surface area (Å²) >= 11 is 1.39. The van der Waals surface area contributed by atoms with Crippen LogP contribution in [0, 0.1) is 11.6 Å². The third-order valence-corrected chi connectivity index (χ3v) is 4.08. The molecule has 0 fully saturated rings. The van der Waals surface area contributed by atoms with Gasteiger partial charge in [0.1, 0.15) is 17.5 Å². The summed E-state index contributed by atoms with van der Waals surface area (Å²) in [5.41, 5.74) is -0.175. The Kier molecular flexibility index (Phi) is 4.47. The van der Waals surface area contributed by atoms with Gasteiger partial charge in [0.25, 0.3) is 5.91 Å². The Morgan fingerprint density at radius 3 is 2.78 bits per heavy atom. The molecular formula is C16H13F2N3OS. The van der Waals surface area contributed by atoms with Crippen LogP contribution in [-0.2, 0) is 0 Å². The molecule has 23 heavy (non-hydrogen) atoms. The highest BCUT2D eigenvalue weighted by atomic mass is 32.1. The maximum atomic E-state index is 13.5. The van der Waals surface area contributed by atoms with Gasteiger partial charge in [0.15, 0.2) is 0 Å². The fraction of sp³-hybridized carbons (Fsp3) is 0.125. The number of nitrogens with one attached hydrogen (secondary N) is 2. The zero-order valence-electron chi connectivity index (χ0n) is 12.0. The van der Waals surface area contributed by atoms with Crippen LogP contribution < -0.4 is 10.6 Å². The summed E-state index contributed by atoms with van der Waals surface area (Å²) in [6.07, 6.45) is 0. The number of carbonyl (C=O) groups excluding carboxylic acids is 1. The van der Waals surface area contributed by atoms with Crippen LogP contribution in [-0.4, -0.2) is 23.4 Å². The number of halogens is 2. The van der Waals surface area contributed by atoms with Crippen molar-refractivity contribution in [1.29, 1.82) is 0 Å². The van der Waals surface area contributed by atoms with Gasteiger partial charge in [-0.3, -0.25) is 4.79 Å². The van der Waals surface area contributed by atoms with E-state index in [2.05, 4.69) is 15.0 Å². The average Bonchev–Trinajstić information content (AvgIpc) is 2.94. The summed E-state index contributed by atoms with van der Waals surface area (Å²) in [5.74, 6) is -1.41. The van der Waals surface area contributed by atoms with E-state index in [1.165, 1.54) is 11.5 Å². The van der Waals surface area contributed by atoms with Crippen LogP contribution in [0.3, 0.4) is 0 Å². The minimum Gasteiger partial charge on any atom is -0.367 e. The van der Waals surface area contributed by atoms with Crippen LogP contribution in [0.15, 0.2) is 42.5 Å². The van der Waals surface area contributed by atoms with Crippen LogP contribution in [0.25, 0.3) is 10.1 Å². The van der Waals surface area contributed by atoms with Crippen LogP contribution >= 0.6 is 11.5 Å². The summed E-state index contributed by atoms with van der Waals surface area (Å²) in [5, 5.41) is 6.73. The molecule has 3 aromatic rings. The van der Waals surface area contributed by atoms with E-state index in [-0.39, 0.29) is 5.56 Å². The third kappa shape index (κ3) is 3.45. The lowest BCUT2D eigenvalue weighted by atomic mass is 10.2. The highest BCUT2D eigenvalue weighted by Gasteiger charge is 2.12. The minimum atomic E-state index is -0.874. The molecule has 0 aliphatic carbocycles. The van der Waals surface area contributed by atoms with E-state index in [9.17, 15) is 13.6 Å². The summed E-state index contributed by atoms with van der Waals surface area (Å²) in [4.78, 5) is 11.8. The van der Waals surface area contributed by atoms with Gasteiger partial charge in [-0.1, -0.05) is 12.1 Å². The normalized spacial score (nSPS) is 10.7. The number of carbonyl (C=O) groups is 1. The van der Waals surface area contributed by atoms with Gasteiger partial charge in [0.05, 0.1) is 10.3 Å². The predicted octanol–water partition coefficient (Wildman–Crippen LogP) is 3.42. The van der Waals surface area contributed by atoms with Gasteiger partial charge in [-0.25, -0.2) is 8.78 Å². The van der Waals surface area contributed by atoms with Crippen molar-refractivity contribution >= 4 is 33.3 Å². The fourth-order valence-electron chi connectivity index (χ4n) is 2.14. The molecule has 7 heteroatoms. The van der Waals surface area contributed by atoms with E-state index < -0.39 is 17.5 Å². The second kappa shape index (κ2) is 6.70. The van der Waals surface area contributed by atoms with Gasteiger partial charge < -0.3 is 10.6 Å². The molecule has 0 saturated heterocycles. The monoisotopic (exact) mass is 333 g/mol. The highest BCUT2D eigenvalue weighted by molar-refractivity contribution is 7.13. The maximum absolute atomic E-state index is 13.5. The quantitative estimate of drug-likeness (QED) is 0.704. The van der Waals surface area contributed by atoms with Crippen molar-refractivity contribution in [3.8, 4) is 0 Å². The number of benzene rings is 2. The van der Waals surface area contributed by atoms with Gasteiger partial charge in [0.2, 0.25) is 0 Å². The first-order chi connectivity index (χ1) is 11.1. The maximum Gasteiger partial charge on any atom is 0.254 e. The van der Waals surface area contributed by atoms with Crippen molar-refractivity contribution in [3.63, 3.8) is 0 Å². The van der Waals surface area contributed by atoms with Crippen LogP contribution in [0.1, 0.15) is 10.4 Å².